The number of carbonyl (C=O) groups is 2. The highest BCUT2D eigenvalue weighted by Crippen LogP contribution is 2.49. The molecule has 0 bridgehead atoms. The second-order valence-electron chi connectivity index (χ2n) is 14.0. The molecule has 0 amide bonds. The summed E-state index contributed by atoms with van der Waals surface area (Å²) in [6.45, 7) is 18.5. The molecule has 2 N–H and O–H groups in total. The molecule has 242 valence electrons. The van der Waals surface area contributed by atoms with Gasteiger partial charge in [0.05, 0.1) is 34.6 Å². The number of hydrogen-bond donors (Lipinski definition) is 2. The van der Waals surface area contributed by atoms with Crippen molar-refractivity contribution in [1.82, 2.24) is 0 Å². The number of rotatable bonds is 19. The summed E-state index contributed by atoms with van der Waals surface area (Å²) in [7, 11) is 0. The lowest BCUT2D eigenvalue weighted by atomic mass is 9.86. The van der Waals surface area contributed by atoms with Crippen LogP contribution in [0.15, 0.2) is 23.3 Å². The zero-order chi connectivity index (χ0) is 31.9. The molecular weight excluding hydrogens is 536 g/mol. The molecule has 2 aliphatic heterocycles. The number of aliphatic hydroxyl groups is 2. The lowest BCUT2D eigenvalue weighted by Gasteiger charge is -2.32. The van der Waals surface area contributed by atoms with Crippen LogP contribution >= 0.6 is 0 Å². The normalized spacial score (nSPS) is 28.9. The zero-order valence-electron chi connectivity index (χ0n) is 27.9. The van der Waals surface area contributed by atoms with E-state index in [4.69, 9.17) is 18.9 Å². The van der Waals surface area contributed by atoms with E-state index in [0.29, 0.717) is 38.5 Å². The van der Waals surface area contributed by atoms with E-state index >= 15 is 0 Å². The second-order valence-corrected chi connectivity index (χ2v) is 14.0. The minimum atomic E-state index is -1.12. The van der Waals surface area contributed by atoms with Gasteiger partial charge in [-0.05, 0) is 120 Å². The van der Waals surface area contributed by atoms with Crippen molar-refractivity contribution in [2.24, 2.45) is 0 Å². The third-order valence-electron chi connectivity index (χ3n) is 8.98. The molecule has 2 rings (SSSR count). The lowest BCUT2D eigenvalue weighted by Crippen LogP contribution is -2.42. The molecule has 8 atom stereocenters. The van der Waals surface area contributed by atoms with Crippen LogP contribution in [-0.4, -0.2) is 69.0 Å². The summed E-state index contributed by atoms with van der Waals surface area (Å²) in [6.07, 6.45) is 9.72. The Hall–Kier alpha value is -1.74. The molecule has 0 radical (unpaired) electrons. The van der Waals surface area contributed by atoms with Crippen molar-refractivity contribution < 1.29 is 38.7 Å². The van der Waals surface area contributed by atoms with Gasteiger partial charge in [0.2, 0.25) is 0 Å². The third kappa shape index (κ3) is 11.7. The molecule has 0 saturated carbocycles. The standard InChI is InChI=1S/C34H58O8/c1-23(2)13-11-19-31(7,37)27(39-25(5)35)17-21-33(9)29(41-33)15-16-30-34(10,42-30)22-18-28(40-26(6)36)32(8,38)20-12-14-24(3)4/h13-14,27-30,37-38H,11-12,15-22H2,1-10H3/t27-,28-,29-,30-,31+,32+,33?,34?/m1/s1. The molecule has 0 aromatic rings. The average Bonchev–Trinajstić information content (AvgIpc) is 3.70. The molecule has 2 heterocycles. The highest BCUT2D eigenvalue weighted by molar-refractivity contribution is 5.66. The Bertz CT molecular complexity index is 896. The van der Waals surface area contributed by atoms with Gasteiger partial charge in [0, 0.05) is 13.8 Å². The van der Waals surface area contributed by atoms with Gasteiger partial charge in [0.15, 0.2) is 0 Å². The van der Waals surface area contributed by atoms with Crippen molar-refractivity contribution in [2.45, 2.75) is 180 Å². The molecule has 0 aliphatic carbocycles. The Morgan fingerprint density at radius 2 is 1.07 bits per heavy atom. The summed E-state index contributed by atoms with van der Waals surface area (Å²) < 4.78 is 23.3. The van der Waals surface area contributed by atoms with Gasteiger partial charge in [-0.2, -0.15) is 0 Å². The highest BCUT2D eigenvalue weighted by atomic mass is 16.6. The summed E-state index contributed by atoms with van der Waals surface area (Å²) in [4.78, 5) is 23.6. The summed E-state index contributed by atoms with van der Waals surface area (Å²) in [5, 5.41) is 22.2. The van der Waals surface area contributed by atoms with E-state index in [0.717, 1.165) is 25.7 Å². The molecule has 0 spiro atoms. The summed E-state index contributed by atoms with van der Waals surface area (Å²) in [6, 6.07) is 0. The number of ether oxygens (including phenoxy) is 4. The fourth-order valence-corrected chi connectivity index (χ4v) is 5.91. The Kier molecular flexibility index (Phi) is 12.9. The van der Waals surface area contributed by atoms with Crippen molar-refractivity contribution in [1.29, 1.82) is 0 Å². The van der Waals surface area contributed by atoms with Crippen LogP contribution in [0.2, 0.25) is 0 Å². The first-order valence-electron chi connectivity index (χ1n) is 15.7. The van der Waals surface area contributed by atoms with Gasteiger partial charge in [-0.15, -0.1) is 0 Å². The SMILES string of the molecule is CC(=O)O[C@H](CCC1(C)O[C@@H]1CC[C@H]1OC1(C)CC[C@@H](OC(C)=O)[C@@](C)(O)CCC=C(C)C)[C@@](C)(O)CCC=C(C)C. The quantitative estimate of drug-likeness (QED) is 0.0988. The zero-order valence-corrected chi connectivity index (χ0v) is 27.9. The monoisotopic (exact) mass is 594 g/mol. The van der Waals surface area contributed by atoms with Crippen LogP contribution in [0.4, 0.5) is 0 Å². The Morgan fingerprint density at radius 3 is 1.36 bits per heavy atom. The summed E-state index contributed by atoms with van der Waals surface area (Å²) >= 11 is 0. The van der Waals surface area contributed by atoms with Crippen molar-refractivity contribution in [3.8, 4) is 0 Å². The minimum absolute atomic E-state index is 0.0872. The number of esters is 2. The molecule has 8 nitrogen and oxygen atoms in total. The smallest absolute Gasteiger partial charge is 0.303 e. The third-order valence-corrected chi connectivity index (χ3v) is 8.98. The maximum atomic E-state index is 11.8. The van der Waals surface area contributed by atoms with Gasteiger partial charge in [-0.3, -0.25) is 9.59 Å². The Labute approximate surface area is 254 Å². The predicted octanol–water partition coefficient (Wildman–Crippen LogP) is 6.50. The first-order chi connectivity index (χ1) is 19.3. The molecule has 0 aromatic carbocycles. The minimum Gasteiger partial charge on any atom is -0.460 e. The van der Waals surface area contributed by atoms with Gasteiger partial charge in [-0.1, -0.05) is 23.3 Å². The van der Waals surface area contributed by atoms with Gasteiger partial charge in [-0.25, -0.2) is 0 Å². The maximum Gasteiger partial charge on any atom is 0.303 e. The molecule has 2 unspecified atom stereocenters. The molecular formula is C34H58O8. The van der Waals surface area contributed by atoms with Crippen LogP contribution in [-0.2, 0) is 28.5 Å². The highest BCUT2D eigenvalue weighted by Gasteiger charge is 2.56. The van der Waals surface area contributed by atoms with Gasteiger partial charge in [0.25, 0.3) is 0 Å². The largest absolute Gasteiger partial charge is 0.460 e. The van der Waals surface area contributed by atoms with Crippen LogP contribution < -0.4 is 0 Å². The van der Waals surface area contributed by atoms with Gasteiger partial charge >= 0.3 is 11.9 Å². The van der Waals surface area contributed by atoms with E-state index in [1.807, 2.05) is 27.7 Å². The van der Waals surface area contributed by atoms with Crippen molar-refractivity contribution >= 4 is 11.9 Å². The van der Waals surface area contributed by atoms with Crippen molar-refractivity contribution in [2.75, 3.05) is 0 Å². The van der Waals surface area contributed by atoms with Crippen LogP contribution in [0.3, 0.4) is 0 Å². The fraction of sp³-hybridized carbons (Fsp3) is 0.824. The van der Waals surface area contributed by atoms with E-state index in [9.17, 15) is 19.8 Å². The first-order valence-corrected chi connectivity index (χ1v) is 15.7. The van der Waals surface area contributed by atoms with Crippen molar-refractivity contribution in [3.63, 3.8) is 0 Å². The Morgan fingerprint density at radius 1 is 0.738 bits per heavy atom. The van der Waals surface area contributed by atoms with E-state index in [1.54, 1.807) is 13.8 Å². The Balaban J connectivity index is 1.84. The van der Waals surface area contributed by atoms with E-state index < -0.39 is 35.3 Å². The number of hydrogen-bond acceptors (Lipinski definition) is 8. The van der Waals surface area contributed by atoms with Gasteiger partial charge < -0.3 is 29.2 Å². The lowest BCUT2D eigenvalue weighted by molar-refractivity contribution is -0.163. The topological polar surface area (TPSA) is 118 Å². The van der Waals surface area contributed by atoms with Crippen LogP contribution in [0.25, 0.3) is 0 Å². The second kappa shape index (κ2) is 14.8. The maximum absolute atomic E-state index is 11.8. The van der Waals surface area contributed by atoms with Crippen molar-refractivity contribution in [3.05, 3.63) is 23.3 Å². The molecule has 2 aliphatic rings. The summed E-state index contributed by atoms with van der Waals surface area (Å²) in [5.41, 5.74) is -0.490. The van der Waals surface area contributed by atoms with E-state index in [-0.39, 0.29) is 23.4 Å². The average molecular weight is 595 g/mol. The van der Waals surface area contributed by atoms with E-state index in [1.165, 1.54) is 25.0 Å². The molecule has 8 heteroatoms. The van der Waals surface area contributed by atoms with Crippen LogP contribution in [0.5, 0.6) is 0 Å². The molecule has 2 saturated heterocycles. The number of carbonyl (C=O) groups excluding carboxylic acids is 2. The molecule has 42 heavy (non-hydrogen) atoms. The van der Waals surface area contributed by atoms with Crippen LogP contribution in [0.1, 0.15) is 133 Å². The molecule has 0 aromatic heterocycles. The van der Waals surface area contributed by atoms with Crippen LogP contribution in [0, 0.1) is 0 Å². The fourth-order valence-electron chi connectivity index (χ4n) is 5.91. The summed E-state index contributed by atoms with van der Waals surface area (Å²) in [5.74, 6) is -0.784. The number of epoxide rings is 2. The van der Waals surface area contributed by atoms with E-state index in [2.05, 4.69) is 26.0 Å². The van der Waals surface area contributed by atoms with Gasteiger partial charge in [0.1, 0.15) is 12.2 Å². The first kappa shape index (κ1) is 36.5. The number of allylic oxidation sites excluding steroid dienone is 4. The predicted molar refractivity (Wildman–Crippen MR) is 164 cm³/mol. The molecule has 2 fully saturated rings.